The average Bonchev–Trinajstić information content (AvgIpc) is 2.69. The van der Waals surface area contributed by atoms with E-state index in [1.807, 2.05) is 0 Å². The van der Waals surface area contributed by atoms with Gasteiger partial charge in [-0.3, -0.25) is 0 Å². The van der Waals surface area contributed by atoms with Crippen molar-refractivity contribution in [3.63, 3.8) is 0 Å². The molecule has 3 aliphatic carbocycles. The Labute approximate surface area is 181 Å². The van der Waals surface area contributed by atoms with Crippen LogP contribution in [0.2, 0.25) is 0 Å². The minimum Gasteiger partial charge on any atom is -0.390 e. The summed E-state index contributed by atoms with van der Waals surface area (Å²) in [6.45, 7) is 9.00. The third-order valence-electron chi connectivity index (χ3n) is 9.62. The Morgan fingerprint density at radius 3 is 0.900 bits per heavy atom. The van der Waals surface area contributed by atoms with Gasteiger partial charge in [0.25, 0.3) is 0 Å². The summed E-state index contributed by atoms with van der Waals surface area (Å²) in [5, 5.41) is 60.4. The maximum Gasteiger partial charge on any atom is 0.106 e. The third kappa shape index (κ3) is 4.60. The smallest absolute Gasteiger partial charge is 0.106 e. The molecule has 3 fully saturated rings. The van der Waals surface area contributed by atoms with Gasteiger partial charge >= 0.3 is 0 Å². The second kappa shape index (κ2) is 8.95. The van der Waals surface area contributed by atoms with Crippen molar-refractivity contribution in [2.75, 3.05) is 0 Å². The predicted molar refractivity (Wildman–Crippen MR) is 114 cm³/mol. The van der Waals surface area contributed by atoms with Crippen LogP contribution in [-0.2, 0) is 0 Å². The van der Waals surface area contributed by atoms with Crippen molar-refractivity contribution in [2.45, 2.75) is 116 Å². The van der Waals surface area contributed by atoms with E-state index >= 15 is 0 Å². The van der Waals surface area contributed by atoms with E-state index in [0.717, 1.165) is 25.7 Å². The van der Waals surface area contributed by atoms with Gasteiger partial charge in [0.1, 0.15) is 12.2 Å². The summed E-state index contributed by atoms with van der Waals surface area (Å²) in [4.78, 5) is 0. The van der Waals surface area contributed by atoms with Gasteiger partial charge in [0.2, 0.25) is 0 Å². The molecule has 0 bridgehead atoms. The monoisotopic (exact) mass is 428 g/mol. The molecule has 4 atom stereocenters. The first-order valence-corrected chi connectivity index (χ1v) is 11.9. The summed E-state index contributed by atoms with van der Waals surface area (Å²) < 4.78 is 0. The van der Waals surface area contributed by atoms with Gasteiger partial charge in [-0.15, -0.1) is 0 Å². The number of hydrogen-bond acceptors (Lipinski definition) is 6. The van der Waals surface area contributed by atoms with Crippen LogP contribution < -0.4 is 0 Å². The Morgan fingerprint density at radius 2 is 0.667 bits per heavy atom. The number of aliphatic hydroxyl groups is 6. The Hall–Kier alpha value is -0.240. The summed E-state index contributed by atoms with van der Waals surface area (Å²) >= 11 is 0. The zero-order valence-electron chi connectivity index (χ0n) is 19.1. The molecule has 0 heterocycles. The highest BCUT2D eigenvalue weighted by atomic mass is 16.4. The molecular weight excluding hydrogens is 384 g/mol. The lowest BCUT2D eigenvalue weighted by atomic mass is 9.55. The lowest BCUT2D eigenvalue weighted by Gasteiger charge is -2.52. The molecule has 3 saturated carbocycles. The van der Waals surface area contributed by atoms with Crippen molar-refractivity contribution in [3.8, 4) is 0 Å². The number of aliphatic hydroxyl groups excluding tert-OH is 6. The normalized spacial score (nSPS) is 46.6. The van der Waals surface area contributed by atoms with E-state index < -0.39 is 36.6 Å². The minimum absolute atomic E-state index is 0.0153. The molecular formula is C24H44O6. The van der Waals surface area contributed by atoms with Crippen molar-refractivity contribution < 1.29 is 30.6 Å². The molecule has 6 N–H and O–H groups in total. The lowest BCUT2D eigenvalue weighted by Crippen LogP contribution is -2.50. The fourth-order valence-corrected chi connectivity index (χ4v) is 6.89. The van der Waals surface area contributed by atoms with Crippen molar-refractivity contribution >= 4 is 0 Å². The second-order valence-corrected chi connectivity index (χ2v) is 11.8. The van der Waals surface area contributed by atoms with Crippen LogP contribution in [-0.4, -0.2) is 67.3 Å². The van der Waals surface area contributed by atoms with E-state index in [9.17, 15) is 30.6 Å². The largest absolute Gasteiger partial charge is 0.390 e. The quantitative estimate of drug-likeness (QED) is 0.406. The van der Waals surface area contributed by atoms with Crippen LogP contribution in [0.25, 0.3) is 0 Å². The highest BCUT2D eigenvalue weighted by Gasteiger charge is 2.49. The van der Waals surface area contributed by atoms with E-state index in [2.05, 4.69) is 27.7 Å². The second-order valence-electron chi connectivity index (χ2n) is 11.8. The molecule has 4 unspecified atom stereocenters. The van der Waals surface area contributed by atoms with Gasteiger partial charge in [-0.2, -0.15) is 0 Å². The molecule has 0 aromatic carbocycles. The summed E-state index contributed by atoms with van der Waals surface area (Å²) in [5.74, 6) is 1.39. The number of rotatable bonds is 4. The summed E-state index contributed by atoms with van der Waals surface area (Å²) in [7, 11) is 0. The van der Waals surface area contributed by atoms with Gasteiger partial charge in [0, 0.05) is 0 Å². The summed E-state index contributed by atoms with van der Waals surface area (Å²) in [6, 6.07) is 0. The molecule has 6 heteroatoms. The van der Waals surface area contributed by atoms with Gasteiger partial charge in [0.05, 0.1) is 24.4 Å². The van der Waals surface area contributed by atoms with E-state index in [1.165, 1.54) is 0 Å². The fourth-order valence-electron chi connectivity index (χ4n) is 6.89. The molecule has 0 radical (unpaired) electrons. The first kappa shape index (κ1) is 24.4. The van der Waals surface area contributed by atoms with E-state index in [0.29, 0.717) is 37.5 Å². The first-order valence-electron chi connectivity index (χ1n) is 11.9. The van der Waals surface area contributed by atoms with Crippen LogP contribution in [0.5, 0.6) is 0 Å². The molecule has 176 valence electrons. The molecule has 0 aliphatic heterocycles. The van der Waals surface area contributed by atoms with Crippen LogP contribution in [0.1, 0.15) is 79.1 Å². The Balaban J connectivity index is 1.61. The zero-order chi connectivity index (χ0) is 22.4. The number of hydrogen-bond donors (Lipinski definition) is 6. The predicted octanol–water partition coefficient (Wildman–Crippen LogP) is 1.83. The van der Waals surface area contributed by atoms with Crippen molar-refractivity contribution in [1.82, 2.24) is 0 Å². The van der Waals surface area contributed by atoms with Crippen molar-refractivity contribution in [1.29, 1.82) is 0 Å². The molecule has 0 aromatic rings. The summed E-state index contributed by atoms with van der Waals surface area (Å²) in [5.41, 5.74) is -0.0307. The minimum atomic E-state index is -1.03. The van der Waals surface area contributed by atoms with E-state index in [1.54, 1.807) is 0 Å². The third-order valence-corrected chi connectivity index (χ3v) is 9.62. The standard InChI is InChI=1S/C24H44O6/c1-23(2,15-9-17(25)21(29)18(26)10-15)13-5-7-14(8-6-13)24(3,4)16-11-19(27)22(30)20(28)12-16/h13-22,25-30H,5-12H2,1-4H3. The average molecular weight is 429 g/mol. The van der Waals surface area contributed by atoms with Crippen LogP contribution in [0.3, 0.4) is 0 Å². The Kier molecular flexibility index (Phi) is 7.28. The van der Waals surface area contributed by atoms with Crippen molar-refractivity contribution in [3.05, 3.63) is 0 Å². The summed E-state index contributed by atoms with van der Waals surface area (Å²) in [6.07, 6.45) is 1.03. The SMILES string of the molecule is CC(C)(C1CCC(C(C)(C)C2CC(O)C(O)C(O)C2)CC1)C1CC(O)C(O)C(O)C1. The molecule has 0 amide bonds. The Bertz CT molecular complexity index is 496. The van der Waals surface area contributed by atoms with Crippen LogP contribution in [0.15, 0.2) is 0 Å². The van der Waals surface area contributed by atoms with Gasteiger partial charge in [-0.05, 0) is 85.9 Å². The maximum atomic E-state index is 10.2. The van der Waals surface area contributed by atoms with Gasteiger partial charge < -0.3 is 30.6 Å². The van der Waals surface area contributed by atoms with Crippen molar-refractivity contribution in [2.24, 2.45) is 34.5 Å². The molecule has 0 spiro atoms. The molecule has 0 aromatic heterocycles. The molecule has 6 nitrogen and oxygen atoms in total. The van der Waals surface area contributed by atoms with Crippen LogP contribution >= 0.6 is 0 Å². The van der Waals surface area contributed by atoms with E-state index in [4.69, 9.17) is 0 Å². The lowest BCUT2D eigenvalue weighted by molar-refractivity contribution is -0.130. The molecule has 3 aliphatic rings. The van der Waals surface area contributed by atoms with Gasteiger partial charge in [-0.1, -0.05) is 27.7 Å². The van der Waals surface area contributed by atoms with Gasteiger partial charge in [0.15, 0.2) is 0 Å². The molecule has 30 heavy (non-hydrogen) atoms. The highest BCUT2D eigenvalue weighted by molar-refractivity contribution is 4.99. The fraction of sp³-hybridized carbons (Fsp3) is 1.00. The molecule has 3 rings (SSSR count). The first-order chi connectivity index (χ1) is 13.9. The topological polar surface area (TPSA) is 121 Å². The van der Waals surface area contributed by atoms with Crippen LogP contribution in [0.4, 0.5) is 0 Å². The Morgan fingerprint density at radius 1 is 0.433 bits per heavy atom. The maximum absolute atomic E-state index is 10.2. The molecule has 0 saturated heterocycles. The van der Waals surface area contributed by atoms with Crippen LogP contribution in [0, 0.1) is 34.5 Å². The highest BCUT2D eigenvalue weighted by Crippen LogP contribution is 2.54. The van der Waals surface area contributed by atoms with E-state index in [-0.39, 0.29) is 22.7 Å². The van der Waals surface area contributed by atoms with Gasteiger partial charge in [-0.25, -0.2) is 0 Å². The zero-order valence-corrected chi connectivity index (χ0v) is 19.1.